The van der Waals surface area contributed by atoms with Gasteiger partial charge >= 0.3 is 0 Å². The summed E-state index contributed by atoms with van der Waals surface area (Å²) in [7, 11) is 3.44. The maximum atomic E-state index is 13.1. The van der Waals surface area contributed by atoms with E-state index in [1.54, 1.807) is 31.1 Å². The lowest BCUT2D eigenvalue weighted by Gasteiger charge is -2.52. The molecule has 0 radical (unpaired) electrons. The highest BCUT2D eigenvalue weighted by atomic mass is 16.3. The van der Waals surface area contributed by atoms with Gasteiger partial charge in [0.25, 0.3) is 5.91 Å². The van der Waals surface area contributed by atoms with E-state index < -0.39 is 12.1 Å². The van der Waals surface area contributed by atoms with Crippen molar-refractivity contribution in [2.45, 2.75) is 43.7 Å². The molecule has 1 heterocycles. The van der Waals surface area contributed by atoms with Crippen molar-refractivity contribution in [3.8, 4) is 17.2 Å². The van der Waals surface area contributed by atoms with Crippen molar-refractivity contribution >= 4 is 11.8 Å². The van der Waals surface area contributed by atoms with E-state index in [0.29, 0.717) is 5.56 Å². The van der Waals surface area contributed by atoms with Gasteiger partial charge in [-0.3, -0.25) is 9.59 Å². The number of carbonyl (C=O) groups is 2. The number of hydrogen-bond acceptors (Lipinski definition) is 4. The Bertz CT molecular complexity index is 1040. The van der Waals surface area contributed by atoms with Gasteiger partial charge in [-0.15, -0.1) is 0 Å². The first kappa shape index (κ1) is 22.0. The lowest BCUT2D eigenvalue weighted by Crippen LogP contribution is -2.66. The number of amides is 2. The molecule has 0 bridgehead atoms. The monoisotopic (exact) mass is 431 g/mol. The summed E-state index contributed by atoms with van der Waals surface area (Å²) in [6.07, 6.45) is 3.82. The van der Waals surface area contributed by atoms with E-state index in [1.807, 2.05) is 36.4 Å². The smallest absolute Gasteiger partial charge is 0.253 e. The maximum Gasteiger partial charge on any atom is 0.253 e. The topological polar surface area (TPSA) is 84.6 Å². The first-order valence-electron chi connectivity index (χ1n) is 11.2. The van der Waals surface area contributed by atoms with Gasteiger partial charge in [0.05, 0.1) is 18.7 Å². The molecule has 2 aromatic carbocycles. The highest BCUT2D eigenvalue weighted by Crippen LogP contribution is 2.45. The van der Waals surface area contributed by atoms with Gasteiger partial charge in [-0.2, -0.15) is 5.26 Å². The van der Waals surface area contributed by atoms with Crippen LogP contribution in [0.4, 0.5) is 0 Å². The van der Waals surface area contributed by atoms with E-state index >= 15 is 0 Å². The molecular weight excluding hydrogens is 402 g/mol. The average Bonchev–Trinajstić information content (AvgIpc) is 3.34. The SMILES string of the molecule is CN(C)C(=O)c1ccc(-c2ccccc2[C@@H]2[C@@H](CO)N(C(=O)C3CCCC3)[C@H]2C#N)cc1. The van der Waals surface area contributed by atoms with Crippen LogP contribution in [0.25, 0.3) is 11.1 Å². The van der Waals surface area contributed by atoms with Crippen molar-refractivity contribution in [1.29, 1.82) is 5.26 Å². The standard InChI is InChI=1S/C26H29N3O3/c1-28(2)25(31)19-13-11-17(12-14-19)20-9-5-6-10-21(20)24-22(15-27)29(23(24)16-30)26(32)18-7-3-4-8-18/h5-6,9-14,18,22-24,30H,3-4,7-8,16H2,1-2H3/t22-,23+,24-/m0/s1. The lowest BCUT2D eigenvalue weighted by atomic mass is 9.73. The molecule has 6 nitrogen and oxygen atoms in total. The molecule has 6 heteroatoms. The van der Waals surface area contributed by atoms with E-state index in [9.17, 15) is 20.0 Å². The summed E-state index contributed by atoms with van der Waals surface area (Å²) in [6, 6.07) is 16.6. The van der Waals surface area contributed by atoms with E-state index in [0.717, 1.165) is 42.4 Å². The number of nitrogens with zero attached hydrogens (tertiary/aromatic N) is 3. The van der Waals surface area contributed by atoms with E-state index in [4.69, 9.17) is 0 Å². The van der Waals surface area contributed by atoms with Gasteiger partial charge in [0.15, 0.2) is 0 Å². The van der Waals surface area contributed by atoms with Gasteiger partial charge in [0, 0.05) is 31.5 Å². The average molecular weight is 432 g/mol. The summed E-state index contributed by atoms with van der Waals surface area (Å²) in [6.45, 7) is -0.175. The first-order valence-corrected chi connectivity index (χ1v) is 11.2. The molecule has 1 N–H and O–H groups in total. The Morgan fingerprint density at radius 1 is 1.09 bits per heavy atom. The Morgan fingerprint density at radius 3 is 2.34 bits per heavy atom. The maximum absolute atomic E-state index is 13.1. The molecule has 2 aliphatic rings. The zero-order valence-corrected chi connectivity index (χ0v) is 18.6. The quantitative estimate of drug-likeness (QED) is 0.786. The second-order valence-electron chi connectivity index (χ2n) is 8.94. The minimum absolute atomic E-state index is 0.00776. The Labute approximate surface area is 189 Å². The van der Waals surface area contributed by atoms with Gasteiger partial charge in [-0.1, -0.05) is 49.2 Å². The summed E-state index contributed by atoms with van der Waals surface area (Å²) in [5.41, 5.74) is 3.44. The molecule has 3 atom stereocenters. The van der Waals surface area contributed by atoms with Crippen LogP contribution in [0.5, 0.6) is 0 Å². The largest absolute Gasteiger partial charge is 0.394 e. The van der Waals surface area contributed by atoms with Crippen molar-refractivity contribution < 1.29 is 14.7 Å². The number of likely N-dealkylation sites (tertiary alicyclic amines) is 1. The third-order valence-electron chi connectivity index (χ3n) is 6.86. The van der Waals surface area contributed by atoms with Crippen LogP contribution in [0.2, 0.25) is 0 Å². The fourth-order valence-corrected chi connectivity index (χ4v) is 5.17. The van der Waals surface area contributed by atoms with Crippen LogP contribution in [0.15, 0.2) is 48.5 Å². The first-order chi connectivity index (χ1) is 15.5. The summed E-state index contributed by atoms with van der Waals surface area (Å²) < 4.78 is 0. The number of hydrogen-bond donors (Lipinski definition) is 1. The number of nitriles is 1. The number of rotatable bonds is 5. The van der Waals surface area contributed by atoms with E-state index in [-0.39, 0.29) is 30.3 Å². The fourth-order valence-electron chi connectivity index (χ4n) is 5.17. The third kappa shape index (κ3) is 3.78. The summed E-state index contributed by atoms with van der Waals surface area (Å²) in [4.78, 5) is 28.5. The molecule has 0 aromatic heterocycles. The predicted octanol–water partition coefficient (Wildman–Crippen LogP) is 3.42. The van der Waals surface area contributed by atoms with Crippen molar-refractivity contribution in [1.82, 2.24) is 9.80 Å². The summed E-state index contributed by atoms with van der Waals surface area (Å²) in [5, 5.41) is 20.1. The fraction of sp³-hybridized carbons (Fsp3) is 0.423. The van der Waals surface area contributed by atoms with Gasteiger partial charge < -0.3 is 14.9 Å². The van der Waals surface area contributed by atoms with Crippen molar-refractivity contribution in [3.05, 3.63) is 59.7 Å². The second-order valence-corrected chi connectivity index (χ2v) is 8.94. The van der Waals surface area contributed by atoms with Crippen LogP contribution in [-0.4, -0.2) is 59.5 Å². The van der Waals surface area contributed by atoms with Crippen LogP contribution in [0.1, 0.15) is 47.5 Å². The highest BCUT2D eigenvalue weighted by molar-refractivity contribution is 5.94. The van der Waals surface area contributed by atoms with Crippen LogP contribution in [-0.2, 0) is 4.79 Å². The van der Waals surface area contributed by atoms with Gasteiger partial charge in [-0.05, 0) is 41.7 Å². The molecule has 1 aliphatic carbocycles. The van der Waals surface area contributed by atoms with Crippen molar-refractivity contribution in [3.63, 3.8) is 0 Å². The zero-order chi connectivity index (χ0) is 22.8. The van der Waals surface area contributed by atoms with Crippen LogP contribution in [0.3, 0.4) is 0 Å². The molecule has 166 valence electrons. The molecule has 0 unspecified atom stereocenters. The highest BCUT2D eigenvalue weighted by Gasteiger charge is 2.53. The van der Waals surface area contributed by atoms with Crippen molar-refractivity contribution in [2.75, 3.05) is 20.7 Å². The molecule has 0 spiro atoms. The predicted molar refractivity (Wildman–Crippen MR) is 122 cm³/mol. The Hall–Kier alpha value is -3.17. The van der Waals surface area contributed by atoms with Gasteiger partial charge in [0.2, 0.25) is 5.91 Å². The minimum Gasteiger partial charge on any atom is -0.394 e. The van der Waals surface area contributed by atoms with Crippen LogP contribution in [0, 0.1) is 17.2 Å². The molecule has 2 fully saturated rings. The van der Waals surface area contributed by atoms with Crippen molar-refractivity contribution in [2.24, 2.45) is 5.92 Å². The zero-order valence-electron chi connectivity index (χ0n) is 18.6. The van der Waals surface area contributed by atoms with E-state index in [1.165, 1.54) is 4.90 Å². The lowest BCUT2D eigenvalue weighted by molar-refractivity contribution is -0.151. The van der Waals surface area contributed by atoms with Gasteiger partial charge in [0.1, 0.15) is 6.04 Å². The molecule has 1 aliphatic heterocycles. The van der Waals surface area contributed by atoms with E-state index in [2.05, 4.69) is 6.07 Å². The molecule has 2 aromatic rings. The number of aliphatic hydroxyl groups excluding tert-OH is 1. The number of aliphatic hydroxyl groups is 1. The number of benzene rings is 2. The molecule has 1 saturated heterocycles. The Balaban J connectivity index is 1.65. The Morgan fingerprint density at radius 2 is 1.75 bits per heavy atom. The van der Waals surface area contributed by atoms with Crippen LogP contribution < -0.4 is 0 Å². The molecule has 32 heavy (non-hydrogen) atoms. The van der Waals surface area contributed by atoms with Crippen LogP contribution >= 0.6 is 0 Å². The molecule has 1 saturated carbocycles. The number of carbonyl (C=O) groups excluding carboxylic acids is 2. The molecule has 4 rings (SSSR count). The Kier molecular flexibility index (Phi) is 6.29. The molecular formula is C26H29N3O3. The van der Waals surface area contributed by atoms with Gasteiger partial charge in [-0.25, -0.2) is 0 Å². The third-order valence-corrected chi connectivity index (χ3v) is 6.86. The summed E-state index contributed by atoms with van der Waals surface area (Å²) >= 11 is 0. The minimum atomic E-state index is -0.587. The normalized spacial score (nSPS) is 22.8. The second kappa shape index (κ2) is 9.13. The summed E-state index contributed by atoms with van der Waals surface area (Å²) in [5.74, 6) is -0.337. The molecule has 2 amide bonds.